The van der Waals surface area contributed by atoms with Crippen LogP contribution in [-0.2, 0) is 4.74 Å². The van der Waals surface area contributed by atoms with Gasteiger partial charge in [0.05, 0.1) is 6.61 Å². The highest BCUT2D eigenvalue weighted by atomic mass is 35.5. The van der Waals surface area contributed by atoms with E-state index in [4.69, 9.17) is 16.3 Å². The fourth-order valence-electron chi connectivity index (χ4n) is 1.92. The Hall–Kier alpha value is -0.180. The fraction of sp³-hybridized carbons (Fsp3) is 0.538. The van der Waals surface area contributed by atoms with E-state index < -0.39 is 0 Å². The first-order valence-corrected chi connectivity index (χ1v) is 7.18. The van der Waals surface area contributed by atoms with Gasteiger partial charge in [-0.25, -0.2) is 0 Å². The lowest BCUT2D eigenvalue weighted by Crippen LogP contribution is -2.23. The lowest BCUT2D eigenvalue weighted by Gasteiger charge is -2.23. The van der Waals surface area contributed by atoms with Gasteiger partial charge in [-0.2, -0.15) is 0 Å². The summed E-state index contributed by atoms with van der Waals surface area (Å²) in [7, 11) is 0. The van der Waals surface area contributed by atoms with Crippen molar-refractivity contribution in [1.29, 1.82) is 0 Å². The molecular weight excluding hydrogens is 240 g/mol. The average molecular weight is 257 g/mol. The predicted molar refractivity (Wildman–Crippen MR) is 70.4 cm³/mol. The summed E-state index contributed by atoms with van der Waals surface area (Å²) in [5.74, 6) is 1.85. The number of halogens is 1. The van der Waals surface area contributed by atoms with Gasteiger partial charge in [-0.1, -0.05) is 18.2 Å². The van der Waals surface area contributed by atoms with E-state index in [2.05, 4.69) is 30.3 Å². The Kier molecular flexibility index (Phi) is 4.56. The Morgan fingerprint density at radius 3 is 2.75 bits per heavy atom. The van der Waals surface area contributed by atoms with E-state index in [-0.39, 0.29) is 5.41 Å². The van der Waals surface area contributed by atoms with E-state index in [1.54, 1.807) is 0 Å². The quantitative estimate of drug-likeness (QED) is 0.585. The Morgan fingerprint density at radius 2 is 2.12 bits per heavy atom. The van der Waals surface area contributed by atoms with Gasteiger partial charge < -0.3 is 4.74 Å². The second-order valence-corrected chi connectivity index (χ2v) is 5.78. The van der Waals surface area contributed by atoms with Gasteiger partial charge in [-0.05, 0) is 30.7 Å². The van der Waals surface area contributed by atoms with E-state index in [1.807, 2.05) is 11.8 Å². The molecule has 1 aromatic rings. The van der Waals surface area contributed by atoms with Crippen LogP contribution >= 0.6 is 23.4 Å². The van der Waals surface area contributed by atoms with Crippen LogP contribution in [0.2, 0.25) is 0 Å². The van der Waals surface area contributed by atoms with Crippen LogP contribution in [0.4, 0.5) is 0 Å². The van der Waals surface area contributed by atoms with Crippen LogP contribution in [-0.4, -0.2) is 24.8 Å². The van der Waals surface area contributed by atoms with Crippen molar-refractivity contribution < 1.29 is 4.74 Å². The third kappa shape index (κ3) is 3.16. The van der Waals surface area contributed by atoms with Crippen molar-refractivity contribution in [2.24, 2.45) is 5.41 Å². The Bertz CT molecular complexity index is 309. The first kappa shape index (κ1) is 12.3. The van der Waals surface area contributed by atoms with Crippen LogP contribution < -0.4 is 0 Å². The second kappa shape index (κ2) is 5.95. The van der Waals surface area contributed by atoms with Crippen LogP contribution in [0, 0.1) is 5.41 Å². The smallest absolute Gasteiger partial charge is 0.0535 e. The summed E-state index contributed by atoms with van der Waals surface area (Å²) in [6, 6.07) is 10.5. The zero-order valence-electron chi connectivity index (χ0n) is 9.32. The van der Waals surface area contributed by atoms with Gasteiger partial charge in [0.1, 0.15) is 0 Å². The predicted octanol–water partition coefficient (Wildman–Crippen LogP) is 3.81. The zero-order valence-corrected chi connectivity index (χ0v) is 10.9. The molecule has 1 aromatic carbocycles. The summed E-state index contributed by atoms with van der Waals surface area (Å²) >= 11 is 7.96. The molecule has 0 N–H and O–H groups in total. The molecule has 88 valence electrons. The first-order chi connectivity index (χ1) is 7.85. The molecule has 16 heavy (non-hydrogen) atoms. The molecule has 1 nitrogen and oxygen atoms in total. The van der Waals surface area contributed by atoms with Crippen molar-refractivity contribution in [1.82, 2.24) is 0 Å². The molecule has 1 atom stereocenters. The third-order valence-electron chi connectivity index (χ3n) is 3.11. The van der Waals surface area contributed by atoms with Crippen LogP contribution in [0.3, 0.4) is 0 Å². The van der Waals surface area contributed by atoms with Crippen molar-refractivity contribution in [3.63, 3.8) is 0 Å². The Balaban J connectivity index is 1.79. The van der Waals surface area contributed by atoms with Gasteiger partial charge in [0.15, 0.2) is 0 Å². The highest BCUT2D eigenvalue weighted by Gasteiger charge is 2.33. The van der Waals surface area contributed by atoms with Crippen LogP contribution in [0.25, 0.3) is 0 Å². The molecule has 0 aromatic heterocycles. The normalized spacial score (nSPS) is 24.8. The van der Waals surface area contributed by atoms with Crippen molar-refractivity contribution in [2.45, 2.75) is 17.7 Å². The molecule has 1 aliphatic heterocycles. The highest BCUT2D eigenvalue weighted by Crippen LogP contribution is 2.35. The van der Waals surface area contributed by atoms with E-state index in [0.717, 1.165) is 37.7 Å². The first-order valence-electron chi connectivity index (χ1n) is 5.66. The molecule has 1 heterocycles. The van der Waals surface area contributed by atoms with E-state index in [1.165, 1.54) is 4.90 Å². The standard InChI is InChI=1S/C13H17ClOS/c14-10-13(6-8-15-11-13)7-9-16-12-4-2-1-3-5-12/h1-5H,6-11H2. The maximum atomic E-state index is 6.06. The molecule has 3 heteroatoms. The van der Waals surface area contributed by atoms with Crippen LogP contribution in [0.15, 0.2) is 35.2 Å². The van der Waals surface area contributed by atoms with Gasteiger partial charge in [-0.15, -0.1) is 23.4 Å². The molecule has 1 unspecified atom stereocenters. The zero-order chi connectivity index (χ0) is 11.3. The lowest BCUT2D eigenvalue weighted by atomic mass is 9.87. The molecule has 2 rings (SSSR count). The summed E-state index contributed by atoms with van der Waals surface area (Å²) < 4.78 is 5.46. The molecule has 0 radical (unpaired) electrons. The van der Waals surface area contributed by atoms with Gasteiger partial charge in [0.2, 0.25) is 0 Å². The number of rotatable bonds is 5. The number of thioether (sulfide) groups is 1. The molecule has 0 spiro atoms. The summed E-state index contributed by atoms with van der Waals surface area (Å²) in [6.45, 7) is 1.72. The molecule has 0 saturated carbocycles. The number of benzene rings is 1. The molecule has 0 aliphatic carbocycles. The van der Waals surface area contributed by atoms with Crippen molar-refractivity contribution in [2.75, 3.05) is 24.8 Å². The molecule has 1 aliphatic rings. The Morgan fingerprint density at radius 1 is 1.31 bits per heavy atom. The number of hydrogen-bond acceptors (Lipinski definition) is 2. The van der Waals surface area contributed by atoms with E-state index >= 15 is 0 Å². The Labute approximate surface area is 107 Å². The topological polar surface area (TPSA) is 9.23 Å². The van der Waals surface area contributed by atoms with Gasteiger partial charge in [0.25, 0.3) is 0 Å². The second-order valence-electron chi connectivity index (χ2n) is 4.35. The van der Waals surface area contributed by atoms with Crippen molar-refractivity contribution in [3.05, 3.63) is 30.3 Å². The van der Waals surface area contributed by atoms with Gasteiger partial charge >= 0.3 is 0 Å². The molecule has 1 fully saturated rings. The van der Waals surface area contributed by atoms with Gasteiger partial charge in [0, 0.05) is 22.8 Å². The monoisotopic (exact) mass is 256 g/mol. The SMILES string of the molecule is ClCC1(CCSc2ccccc2)CCOC1. The minimum absolute atomic E-state index is 0.239. The van der Waals surface area contributed by atoms with Gasteiger partial charge in [-0.3, -0.25) is 0 Å². The maximum Gasteiger partial charge on any atom is 0.0535 e. The summed E-state index contributed by atoms with van der Waals surface area (Å²) in [4.78, 5) is 1.34. The summed E-state index contributed by atoms with van der Waals surface area (Å²) in [5.41, 5.74) is 0.239. The van der Waals surface area contributed by atoms with Crippen molar-refractivity contribution in [3.8, 4) is 0 Å². The fourth-order valence-corrected chi connectivity index (χ4v) is 3.39. The number of hydrogen-bond donors (Lipinski definition) is 0. The third-order valence-corrected chi connectivity index (χ3v) is 4.69. The number of ether oxygens (including phenoxy) is 1. The number of alkyl halides is 1. The van der Waals surface area contributed by atoms with Crippen LogP contribution in [0.5, 0.6) is 0 Å². The highest BCUT2D eigenvalue weighted by molar-refractivity contribution is 7.99. The average Bonchev–Trinajstić information content (AvgIpc) is 2.80. The van der Waals surface area contributed by atoms with Crippen LogP contribution in [0.1, 0.15) is 12.8 Å². The molecule has 1 saturated heterocycles. The summed E-state index contributed by atoms with van der Waals surface area (Å²) in [5, 5.41) is 0. The lowest BCUT2D eigenvalue weighted by molar-refractivity contribution is 0.159. The minimum Gasteiger partial charge on any atom is -0.381 e. The van der Waals surface area contributed by atoms with Crippen molar-refractivity contribution >= 4 is 23.4 Å². The molecule has 0 amide bonds. The molecule has 0 bridgehead atoms. The maximum absolute atomic E-state index is 6.06. The van der Waals surface area contributed by atoms with E-state index in [0.29, 0.717) is 0 Å². The molecular formula is C13H17ClOS. The summed E-state index contributed by atoms with van der Waals surface area (Å²) in [6.07, 6.45) is 2.27. The largest absolute Gasteiger partial charge is 0.381 e. The minimum atomic E-state index is 0.239. The van der Waals surface area contributed by atoms with E-state index in [9.17, 15) is 0 Å².